The summed E-state index contributed by atoms with van der Waals surface area (Å²) in [7, 11) is 0. The van der Waals surface area contributed by atoms with Gasteiger partial charge in [0.1, 0.15) is 5.82 Å². The number of rotatable bonds is 6. The summed E-state index contributed by atoms with van der Waals surface area (Å²) in [4.78, 5) is 0. The number of alkyl halides is 3. The maximum Gasteiger partial charge on any atom is 0.435 e. The van der Waals surface area contributed by atoms with E-state index in [0.717, 1.165) is 25.3 Å². The monoisotopic (exact) mass is 249 g/mol. The van der Waals surface area contributed by atoms with Gasteiger partial charge in [-0.3, -0.25) is 0 Å². The molecule has 0 aliphatic heterocycles. The van der Waals surface area contributed by atoms with E-state index in [9.17, 15) is 13.2 Å². The molecule has 1 aromatic heterocycles. The molecule has 0 unspecified atom stereocenters. The van der Waals surface area contributed by atoms with Crippen molar-refractivity contribution in [2.75, 3.05) is 18.5 Å². The third kappa shape index (κ3) is 4.99. The Bertz CT molecular complexity index is 327. The van der Waals surface area contributed by atoms with Crippen molar-refractivity contribution in [1.29, 1.82) is 0 Å². The molecular weight excluding hydrogens is 235 g/mol. The Kier molecular flexibility index (Phi) is 5.14. The standard InChI is InChI=1S/C10H14F3N3O/c11-10(12,13)8-4-5-9(16-15-8)14-6-2-1-3-7-17/h4-5,17H,1-3,6-7H2,(H,14,16). The van der Waals surface area contributed by atoms with Crippen molar-refractivity contribution >= 4 is 5.82 Å². The van der Waals surface area contributed by atoms with Gasteiger partial charge < -0.3 is 10.4 Å². The molecule has 0 spiro atoms. The molecule has 0 saturated carbocycles. The zero-order valence-electron chi connectivity index (χ0n) is 9.17. The summed E-state index contributed by atoms with van der Waals surface area (Å²) in [6.07, 6.45) is -2.05. The third-order valence-corrected chi connectivity index (χ3v) is 2.10. The highest BCUT2D eigenvalue weighted by Crippen LogP contribution is 2.26. The second-order valence-corrected chi connectivity index (χ2v) is 3.51. The van der Waals surface area contributed by atoms with E-state index in [2.05, 4.69) is 15.5 Å². The number of hydrogen-bond acceptors (Lipinski definition) is 4. The molecule has 0 fully saturated rings. The predicted octanol–water partition coefficient (Wildman–Crippen LogP) is 2.07. The molecule has 96 valence electrons. The first-order valence-corrected chi connectivity index (χ1v) is 5.29. The molecule has 7 heteroatoms. The van der Waals surface area contributed by atoms with Gasteiger partial charge in [0.15, 0.2) is 5.69 Å². The molecule has 1 aromatic rings. The van der Waals surface area contributed by atoms with E-state index in [1.54, 1.807) is 0 Å². The van der Waals surface area contributed by atoms with Gasteiger partial charge in [-0.2, -0.15) is 13.2 Å². The number of nitrogens with zero attached hydrogens (tertiary/aromatic N) is 2. The van der Waals surface area contributed by atoms with Crippen LogP contribution in [-0.2, 0) is 6.18 Å². The number of unbranched alkanes of at least 4 members (excludes halogenated alkanes) is 2. The van der Waals surface area contributed by atoms with Gasteiger partial charge in [-0.15, -0.1) is 10.2 Å². The first-order chi connectivity index (χ1) is 8.04. The highest BCUT2D eigenvalue weighted by molar-refractivity contribution is 5.33. The lowest BCUT2D eigenvalue weighted by atomic mass is 10.2. The summed E-state index contributed by atoms with van der Waals surface area (Å²) < 4.78 is 36.5. The van der Waals surface area contributed by atoms with Crippen molar-refractivity contribution in [3.05, 3.63) is 17.8 Å². The van der Waals surface area contributed by atoms with Crippen LogP contribution in [0.25, 0.3) is 0 Å². The third-order valence-electron chi connectivity index (χ3n) is 2.10. The minimum Gasteiger partial charge on any atom is -0.396 e. The molecule has 0 aromatic carbocycles. The number of aliphatic hydroxyl groups excluding tert-OH is 1. The fraction of sp³-hybridized carbons (Fsp3) is 0.600. The van der Waals surface area contributed by atoms with Crippen LogP contribution in [0.3, 0.4) is 0 Å². The van der Waals surface area contributed by atoms with Crippen molar-refractivity contribution < 1.29 is 18.3 Å². The lowest BCUT2D eigenvalue weighted by molar-refractivity contribution is -0.141. The minimum atomic E-state index is -4.45. The van der Waals surface area contributed by atoms with Gasteiger partial charge in [0, 0.05) is 13.2 Å². The van der Waals surface area contributed by atoms with Crippen molar-refractivity contribution in [2.45, 2.75) is 25.4 Å². The largest absolute Gasteiger partial charge is 0.435 e. The van der Waals surface area contributed by atoms with Crippen LogP contribution in [0.15, 0.2) is 12.1 Å². The molecule has 0 amide bonds. The number of aromatic nitrogens is 2. The zero-order chi connectivity index (χ0) is 12.7. The Morgan fingerprint density at radius 1 is 1.12 bits per heavy atom. The van der Waals surface area contributed by atoms with Crippen LogP contribution in [0.2, 0.25) is 0 Å². The van der Waals surface area contributed by atoms with Crippen LogP contribution in [-0.4, -0.2) is 28.5 Å². The Labute approximate surface area is 96.9 Å². The molecule has 0 radical (unpaired) electrons. The number of anilines is 1. The predicted molar refractivity (Wildman–Crippen MR) is 56.5 cm³/mol. The Morgan fingerprint density at radius 2 is 1.88 bits per heavy atom. The fourth-order valence-electron chi connectivity index (χ4n) is 1.21. The molecule has 0 atom stereocenters. The van der Waals surface area contributed by atoms with Crippen LogP contribution >= 0.6 is 0 Å². The fourth-order valence-corrected chi connectivity index (χ4v) is 1.21. The van der Waals surface area contributed by atoms with E-state index in [4.69, 9.17) is 5.11 Å². The van der Waals surface area contributed by atoms with Crippen LogP contribution in [0, 0.1) is 0 Å². The van der Waals surface area contributed by atoms with E-state index in [1.165, 1.54) is 6.07 Å². The van der Waals surface area contributed by atoms with Gasteiger partial charge >= 0.3 is 6.18 Å². The number of hydrogen-bond donors (Lipinski definition) is 2. The maximum absolute atomic E-state index is 12.2. The quantitative estimate of drug-likeness (QED) is 0.758. The Balaban J connectivity index is 2.36. The topological polar surface area (TPSA) is 58.0 Å². The van der Waals surface area contributed by atoms with E-state index >= 15 is 0 Å². The SMILES string of the molecule is OCCCCCNc1ccc(C(F)(F)F)nn1. The molecule has 2 N–H and O–H groups in total. The lowest BCUT2D eigenvalue weighted by Gasteiger charge is -2.07. The number of aliphatic hydroxyl groups is 1. The minimum absolute atomic E-state index is 0.153. The van der Waals surface area contributed by atoms with Crippen LogP contribution in [0.4, 0.5) is 19.0 Å². The van der Waals surface area contributed by atoms with Crippen molar-refractivity contribution in [3.8, 4) is 0 Å². The molecule has 0 saturated heterocycles. The molecule has 1 heterocycles. The average molecular weight is 249 g/mol. The molecule has 4 nitrogen and oxygen atoms in total. The van der Waals surface area contributed by atoms with Crippen molar-refractivity contribution in [2.24, 2.45) is 0 Å². The van der Waals surface area contributed by atoms with E-state index in [0.29, 0.717) is 12.4 Å². The Hall–Kier alpha value is -1.37. The van der Waals surface area contributed by atoms with Crippen molar-refractivity contribution in [1.82, 2.24) is 10.2 Å². The van der Waals surface area contributed by atoms with Crippen LogP contribution in [0.5, 0.6) is 0 Å². The lowest BCUT2D eigenvalue weighted by Crippen LogP contribution is -2.11. The molecule has 0 aliphatic rings. The summed E-state index contributed by atoms with van der Waals surface area (Å²) in [5.74, 6) is 0.321. The second kappa shape index (κ2) is 6.39. The Morgan fingerprint density at radius 3 is 2.41 bits per heavy atom. The number of halogens is 3. The summed E-state index contributed by atoms with van der Waals surface area (Å²) in [6.45, 7) is 0.750. The highest BCUT2D eigenvalue weighted by Gasteiger charge is 2.32. The smallest absolute Gasteiger partial charge is 0.396 e. The van der Waals surface area contributed by atoms with Gasteiger partial charge in [-0.1, -0.05) is 0 Å². The highest BCUT2D eigenvalue weighted by atomic mass is 19.4. The van der Waals surface area contributed by atoms with E-state index in [1.807, 2.05) is 0 Å². The summed E-state index contributed by atoms with van der Waals surface area (Å²) in [6, 6.07) is 2.14. The zero-order valence-corrected chi connectivity index (χ0v) is 9.17. The molecule has 0 aliphatic carbocycles. The summed E-state index contributed by atoms with van der Waals surface area (Å²) in [5, 5.41) is 17.9. The van der Waals surface area contributed by atoms with Crippen molar-refractivity contribution in [3.63, 3.8) is 0 Å². The molecular formula is C10H14F3N3O. The van der Waals surface area contributed by atoms with Gasteiger partial charge in [0.2, 0.25) is 0 Å². The second-order valence-electron chi connectivity index (χ2n) is 3.51. The normalized spacial score (nSPS) is 11.5. The first kappa shape index (κ1) is 13.7. The van der Waals surface area contributed by atoms with E-state index in [-0.39, 0.29) is 6.61 Å². The molecule has 0 bridgehead atoms. The van der Waals surface area contributed by atoms with Gasteiger partial charge in [0.05, 0.1) is 0 Å². The van der Waals surface area contributed by atoms with Crippen LogP contribution < -0.4 is 5.32 Å². The van der Waals surface area contributed by atoms with E-state index < -0.39 is 11.9 Å². The molecule has 17 heavy (non-hydrogen) atoms. The summed E-state index contributed by atoms with van der Waals surface area (Å²) >= 11 is 0. The molecule has 1 rings (SSSR count). The first-order valence-electron chi connectivity index (χ1n) is 5.29. The van der Waals surface area contributed by atoms with Crippen LogP contribution in [0.1, 0.15) is 25.0 Å². The maximum atomic E-state index is 12.2. The van der Waals surface area contributed by atoms with Gasteiger partial charge in [-0.05, 0) is 31.4 Å². The summed E-state index contributed by atoms with van der Waals surface area (Å²) in [5.41, 5.74) is -0.997. The van der Waals surface area contributed by atoms with Gasteiger partial charge in [0.25, 0.3) is 0 Å². The average Bonchev–Trinajstić information content (AvgIpc) is 2.28. The van der Waals surface area contributed by atoms with Gasteiger partial charge in [-0.25, -0.2) is 0 Å². The number of nitrogens with one attached hydrogen (secondary N) is 1.